The molecule has 53 heavy (non-hydrogen) atoms. The van der Waals surface area contributed by atoms with Crippen LogP contribution in [-0.2, 0) is 5.41 Å². The van der Waals surface area contributed by atoms with E-state index in [0.717, 1.165) is 0 Å². The van der Waals surface area contributed by atoms with Crippen molar-refractivity contribution in [1.29, 1.82) is 0 Å². The lowest BCUT2D eigenvalue weighted by Gasteiger charge is -2.31. The number of hydrogen-bond acceptors (Lipinski definition) is 0. The smallest absolute Gasteiger partial charge is 0.0619 e. The molecule has 0 bridgehead atoms. The zero-order valence-corrected chi connectivity index (χ0v) is 29.0. The Labute approximate surface area is 308 Å². The average molecular weight is 669 g/mol. The van der Waals surface area contributed by atoms with Crippen molar-refractivity contribution in [2.24, 2.45) is 0 Å². The molecule has 0 heterocycles. The summed E-state index contributed by atoms with van der Waals surface area (Å²) in [6, 6.07) is 72.9. The molecule has 0 N–H and O–H groups in total. The van der Waals surface area contributed by atoms with E-state index in [4.69, 9.17) is 0 Å². The summed E-state index contributed by atoms with van der Waals surface area (Å²) < 4.78 is 0. The SMILES string of the molecule is c1cc(-c2ccc3cc4c(cc3c2)C2(c3ccccc3-c3ccccc32)c2c-4ccc3ccccc23)cc(-c2cc3ccccc3c3ccccc23)c1. The summed E-state index contributed by atoms with van der Waals surface area (Å²) in [5, 5.41) is 10.3. The fourth-order valence-electron chi connectivity index (χ4n) is 10.00. The summed E-state index contributed by atoms with van der Waals surface area (Å²) in [4.78, 5) is 0. The standard InChI is InChI=1S/C53H32/c1-4-17-41-33(12-1)26-27-46-48-30-36-25-24-35(34-14-11-15-37(28-34)47-31-38-13-2-3-16-40(38)42-18-5-6-19-43(42)47)29-39(36)32-51(48)53(52(41)46)49-22-9-7-20-44(49)45-21-8-10-23-50(45)53/h1-32H. The molecule has 0 nitrogen and oxygen atoms in total. The minimum Gasteiger partial charge on any atom is -0.0619 e. The van der Waals surface area contributed by atoms with Crippen LogP contribution >= 0.6 is 0 Å². The van der Waals surface area contributed by atoms with E-state index in [1.54, 1.807) is 0 Å². The molecule has 1 spiro atoms. The molecule has 0 aliphatic heterocycles. The Bertz CT molecular complexity index is 3130. The van der Waals surface area contributed by atoms with E-state index in [-0.39, 0.29) is 0 Å². The van der Waals surface area contributed by atoms with Crippen molar-refractivity contribution in [3.05, 3.63) is 216 Å². The van der Waals surface area contributed by atoms with Gasteiger partial charge in [0, 0.05) is 0 Å². The molecule has 12 rings (SSSR count). The maximum atomic E-state index is 2.52. The van der Waals surface area contributed by atoms with E-state index in [2.05, 4.69) is 194 Å². The largest absolute Gasteiger partial charge is 0.0731 e. The highest BCUT2D eigenvalue weighted by molar-refractivity contribution is 6.14. The summed E-state index contributed by atoms with van der Waals surface area (Å²) in [5.74, 6) is 0. The van der Waals surface area contributed by atoms with Crippen molar-refractivity contribution < 1.29 is 0 Å². The first-order valence-corrected chi connectivity index (χ1v) is 18.6. The Balaban J connectivity index is 1.09. The van der Waals surface area contributed by atoms with Gasteiger partial charge < -0.3 is 0 Å². The Kier molecular flexibility index (Phi) is 5.80. The number of hydrogen-bond donors (Lipinski definition) is 0. The Morgan fingerprint density at radius 1 is 0.245 bits per heavy atom. The average Bonchev–Trinajstić information content (AvgIpc) is 3.69. The number of fused-ring (bicyclic) bond motifs is 16. The molecule has 10 aromatic carbocycles. The van der Waals surface area contributed by atoms with E-state index in [1.165, 1.54) is 110 Å². The molecular weight excluding hydrogens is 637 g/mol. The highest BCUT2D eigenvalue weighted by atomic mass is 14.5. The van der Waals surface area contributed by atoms with Crippen LogP contribution in [0.4, 0.5) is 0 Å². The van der Waals surface area contributed by atoms with Crippen LogP contribution in [0.15, 0.2) is 194 Å². The minimum absolute atomic E-state index is 0.403. The van der Waals surface area contributed by atoms with Gasteiger partial charge in [-0.3, -0.25) is 0 Å². The van der Waals surface area contributed by atoms with Gasteiger partial charge in [0.2, 0.25) is 0 Å². The van der Waals surface area contributed by atoms with Gasteiger partial charge in [-0.25, -0.2) is 0 Å². The summed E-state index contributed by atoms with van der Waals surface area (Å²) in [6.45, 7) is 0. The van der Waals surface area contributed by atoms with E-state index >= 15 is 0 Å². The van der Waals surface area contributed by atoms with Crippen LogP contribution in [0.3, 0.4) is 0 Å². The normalized spacial score (nSPS) is 13.4. The van der Waals surface area contributed by atoms with Crippen LogP contribution in [0.5, 0.6) is 0 Å². The fourth-order valence-corrected chi connectivity index (χ4v) is 10.00. The lowest BCUT2D eigenvalue weighted by Crippen LogP contribution is -2.26. The summed E-state index contributed by atoms with van der Waals surface area (Å²) in [5.41, 5.74) is 15.4. The van der Waals surface area contributed by atoms with Crippen molar-refractivity contribution in [2.45, 2.75) is 5.41 Å². The second-order valence-corrected chi connectivity index (χ2v) is 14.8. The summed E-state index contributed by atoms with van der Waals surface area (Å²) >= 11 is 0. The molecule has 244 valence electrons. The summed E-state index contributed by atoms with van der Waals surface area (Å²) in [6.07, 6.45) is 0. The molecule has 0 atom stereocenters. The molecule has 2 aliphatic carbocycles. The third-order valence-electron chi connectivity index (χ3n) is 12.2. The number of benzene rings is 10. The number of rotatable bonds is 2. The molecule has 0 aromatic heterocycles. The Morgan fingerprint density at radius 2 is 0.849 bits per heavy atom. The molecule has 0 saturated carbocycles. The molecule has 0 fully saturated rings. The monoisotopic (exact) mass is 668 g/mol. The zero-order valence-electron chi connectivity index (χ0n) is 29.0. The predicted octanol–water partition coefficient (Wildman–Crippen LogP) is 14.0. The quantitative estimate of drug-likeness (QED) is 0.161. The lowest BCUT2D eigenvalue weighted by molar-refractivity contribution is 0.802. The first-order valence-electron chi connectivity index (χ1n) is 18.6. The maximum absolute atomic E-state index is 2.52. The van der Waals surface area contributed by atoms with E-state index < -0.39 is 5.41 Å². The van der Waals surface area contributed by atoms with Crippen molar-refractivity contribution in [1.82, 2.24) is 0 Å². The Morgan fingerprint density at radius 3 is 1.66 bits per heavy atom. The van der Waals surface area contributed by atoms with Crippen molar-refractivity contribution in [3.63, 3.8) is 0 Å². The topological polar surface area (TPSA) is 0 Å². The minimum atomic E-state index is -0.403. The molecule has 0 saturated heterocycles. The molecule has 10 aromatic rings. The van der Waals surface area contributed by atoms with E-state index in [1.807, 2.05) is 0 Å². The highest BCUT2D eigenvalue weighted by Gasteiger charge is 2.52. The second kappa shape index (κ2) is 10.6. The van der Waals surface area contributed by atoms with Crippen molar-refractivity contribution in [3.8, 4) is 44.5 Å². The summed E-state index contributed by atoms with van der Waals surface area (Å²) in [7, 11) is 0. The van der Waals surface area contributed by atoms with Crippen LogP contribution in [0.25, 0.3) is 87.6 Å². The third kappa shape index (κ3) is 3.85. The molecule has 0 unspecified atom stereocenters. The molecule has 0 radical (unpaired) electrons. The van der Waals surface area contributed by atoms with Crippen LogP contribution in [0.1, 0.15) is 22.3 Å². The molecule has 0 heteroatoms. The second-order valence-electron chi connectivity index (χ2n) is 14.8. The van der Waals surface area contributed by atoms with Crippen LogP contribution < -0.4 is 0 Å². The van der Waals surface area contributed by atoms with Crippen molar-refractivity contribution >= 4 is 43.1 Å². The van der Waals surface area contributed by atoms with Crippen LogP contribution in [-0.4, -0.2) is 0 Å². The maximum Gasteiger partial charge on any atom is 0.0731 e. The first kappa shape index (κ1) is 28.9. The van der Waals surface area contributed by atoms with E-state index in [9.17, 15) is 0 Å². The van der Waals surface area contributed by atoms with Gasteiger partial charge in [0.25, 0.3) is 0 Å². The van der Waals surface area contributed by atoms with Gasteiger partial charge in [-0.15, -0.1) is 0 Å². The van der Waals surface area contributed by atoms with Gasteiger partial charge in [-0.1, -0.05) is 164 Å². The van der Waals surface area contributed by atoms with Gasteiger partial charge in [-0.2, -0.15) is 0 Å². The van der Waals surface area contributed by atoms with Gasteiger partial charge in [0.15, 0.2) is 0 Å². The van der Waals surface area contributed by atoms with Crippen LogP contribution in [0, 0.1) is 0 Å². The van der Waals surface area contributed by atoms with Gasteiger partial charge in [0.1, 0.15) is 0 Å². The van der Waals surface area contributed by atoms with Gasteiger partial charge in [-0.05, 0) is 140 Å². The highest BCUT2D eigenvalue weighted by Crippen LogP contribution is 2.64. The Hall–Kier alpha value is -6.76. The first-order chi connectivity index (χ1) is 26.3. The third-order valence-corrected chi connectivity index (χ3v) is 12.2. The van der Waals surface area contributed by atoms with Gasteiger partial charge in [0.05, 0.1) is 5.41 Å². The molecule has 0 amide bonds. The van der Waals surface area contributed by atoms with Gasteiger partial charge >= 0.3 is 0 Å². The fraction of sp³-hybridized carbons (Fsp3) is 0.0189. The van der Waals surface area contributed by atoms with Crippen molar-refractivity contribution in [2.75, 3.05) is 0 Å². The molecule has 2 aliphatic rings. The zero-order chi connectivity index (χ0) is 34.7. The molecular formula is C53H32. The van der Waals surface area contributed by atoms with E-state index in [0.29, 0.717) is 0 Å². The lowest BCUT2D eigenvalue weighted by atomic mass is 9.69. The predicted molar refractivity (Wildman–Crippen MR) is 224 cm³/mol. The van der Waals surface area contributed by atoms with Crippen LogP contribution in [0.2, 0.25) is 0 Å².